The minimum atomic E-state index is -0.185. The van der Waals surface area contributed by atoms with E-state index in [0.717, 1.165) is 17.2 Å². The Labute approximate surface area is 152 Å². The lowest BCUT2D eigenvalue weighted by Crippen LogP contribution is -2.36. The van der Waals surface area contributed by atoms with E-state index in [1.807, 2.05) is 34.6 Å². The van der Waals surface area contributed by atoms with Gasteiger partial charge >= 0.3 is 0 Å². The zero-order valence-electron chi connectivity index (χ0n) is 15.4. The van der Waals surface area contributed by atoms with Gasteiger partial charge in [0.2, 0.25) is 5.89 Å². The summed E-state index contributed by atoms with van der Waals surface area (Å²) >= 11 is 1.69. The van der Waals surface area contributed by atoms with Crippen LogP contribution < -0.4 is 10.6 Å². The number of thiazole rings is 1. The molecule has 0 aromatic carbocycles. The van der Waals surface area contributed by atoms with E-state index in [2.05, 4.69) is 30.8 Å². The number of aromatic nitrogens is 3. The van der Waals surface area contributed by atoms with Crippen molar-refractivity contribution in [1.29, 1.82) is 0 Å². The lowest BCUT2D eigenvalue weighted by atomic mass is 10.4. The number of guanidine groups is 1. The number of aryl methyl sites for hydroxylation is 2. The molecule has 8 nitrogen and oxygen atoms in total. The van der Waals surface area contributed by atoms with Gasteiger partial charge in [0, 0.05) is 18.0 Å². The van der Waals surface area contributed by atoms with E-state index in [0.29, 0.717) is 37.4 Å². The molecule has 0 aliphatic heterocycles. The Balaban J connectivity index is 1.96. The van der Waals surface area contributed by atoms with E-state index in [-0.39, 0.29) is 6.10 Å². The van der Waals surface area contributed by atoms with Crippen molar-refractivity contribution in [2.24, 2.45) is 4.99 Å². The van der Waals surface area contributed by atoms with Crippen molar-refractivity contribution < 1.29 is 9.26 Å². The summed E-state index contributed by atoms with van der Waals surface area (Å²) < 4.78 is 10.7. The highest BCUT2D eigenvalue weighted by molar-refractivity contribution is 7.11. The molecule has 0 saturated carbocycles. The molecule has 2 aromatic heterocycles. The standard InChI is InChI=1S/C16H26N6O2S/c1-6-17-16(18-8-13-10(3)20-12(5)25-13)19-9-14-21-15(22-24-14)11(4)23-7-2/h11H,6-9H2,1-5H3,(H2,17,18,19). The molecule has 2 heterocycles. The average Bonchev–Trinajstić information content (AvgIpc) is 3.17. The van der Waals surface area contributed by atoms with E-state index in [1.54, 1.807) is 11.3 Å². The second-order valence-electron chi connectivity index (χ2n) is 5.43. The average molecular weight is 366 g/mol. The van der Waals surface area contributed by atoms with Crippen LogP contribution in [-0.4, -0.2) is 34.2 Å². The molecular weight excluding hydrogens is 340 g/mol. The van der Waals surface area contributed by atoms with Crippen molar-refractivity contribution in [3.8, 4) is 0 Å². The third kappa shape index (κ3) is 5.79. The summed E-state index contributed by atoms with van der Waals surface area (Å²) in [7, 11) is 0. The van der Waals surface area contributed by atoms with Crippen LogP contribution in [0, 0.1) is 13.8 Å². The van der Waals surface area contributed by atoms with Crippen LogP contribution in [0.15, 0.2) is 9.52 Å². The summed E-state index contributed by atoms with van der Waals surface area (Å²) in [6.07, 6.45) is -0.185. The van der Waals surface area contributed by atoms with Crippen molar-refractivity contribution in [2.75, 3.05) is 13.2 Å². The highest BCUT2D eigenvalue weighted by Gasteiger charge is 2.13. The van der Waals surface area contributed by atoms with Crippen LogP contribution in [-0.2, 0) is 17.8 Å². The van der Waals surface area contributed by atoms with Crippen molar-refractivity contribution in [2.45, 2.75) is 53.8 Å². The summed E-state index contributed by atoms with van der Waals surface area (Å²) in [5.41, 5.74) is 1.05. The van der Waals surface area contributed by atoms with Crippen molar-refractivity contribution >= 4 is 17.3 Å². The first-order valence-electron chi connectivity index (χ1n) is 8.42. The predicted octanol–water partition coefficient (Wildman–Crippen LogP) is 2.50. The Kier molecular flexibility index (Phi) is 7.32. The van der Waals surface area contributed by atoms with E-state index >= 15 is 0 Å². The fourth-order valence-electron chi connectivity index (χ4n) is 2.21. The molecule has 1 atom stereocenters. The van der Waals surface area contributed by atoms with Crippen molar-refractivity contribution in [3.05, 3.63) is 27.3 Å². The van der Waals surface area contributed by atoms with Crippen LogP contribution >= 0.6 is 11.3 Å². The fraction of sp³-hybridized carbons (Fsp3) is 0.625. The molecule has 25 heavy (non-hydrogen) atoms. The molecule has 0 aliphatic rings. The molecule has 0 bridgehead atoms. The number of nitrogens with one attached hydrogen (secondary N) is 2. The second-order valence-corrected chi connectivity index (χ2v) is 6.72. The molecule has 0 aliphatic carbocycles. The number of hydrogen-bond donors (Lipinski definition) is 2. The van der Waals surface area contributed by atoms with Crippen molar-refractivity contribution in [3.63, 3.8) is 0 Å². The minimum Gasteiger partial charge on any atom is -0.371 e. The predicted molar refractivity (Wildman–Crippen MR) is 97.6 cm³/mol. The smallest absolute Gasteiger partial charge is 0.248 e. The Bertz CT molecular complexity index is 697. The molecule has 138 valence electrons. The summed E-state index contributed by atoms with van der Waals surface area (Å²) in [5, 5.41) is 11.5. The van der Waals surface area contributed by atoms with Gasteiger partial charge in [-0.3, -0.25) is 0 Å². The molecule has 0 amide bonds. The Hall–Kier alpha value is -2.00. The molecule has 0 radical (unpaired) electrons. The molecule has 0 fully saturated rings. The number of ether oxygens (including phenoxy) is 1. The lowest BCUT2D eigenvalue weighted by molar-refractivity contribution is 0.0683. The highest BCUT2D eigenvalue weighted by atomic mass is 32.1. The van der Waals surface area contributed by atoms with Gasteiger partial charge in [-0.2, -0.15) is 4.98 Å². The fourth-order valence-corrected chi connectivity index (χ4v) is 3.09. The van der Waals surface area contributed by atoms with Gasteiger partial charge in [-0.05, 0) is 34.6 Å². The highest BCUT2D eigenvalue weighted by Crippen LogP contribution is 2.16. The topological polar surface area (TPSA) is 97.5 Å². The van der Waals surface area contributed by atoms with E-state index in [1.165, 1.54) is 4.88 Å². The first-order valence-corrected chi connectivity index (χ1v) is 9.24. The zero-order valence-corrected chi connectivity index (χ0v) is 16.2. The number of hydrogen-bond acceptors (Lipinski definition) is 7. The van der Waals surface area contributed by atoms with Gasteiger partial charge in [0.15, 0.2) is 11.8 Å². The van der Waals surface area contributed by atoms with Gasteiger partial charge in [0.25, 0.3) is 0 Å². The Morgan fingerprint density at radius 1 is 1.28 bits per heavy atom. The normalized spacial score (nSPS) is 13.1. The maximum atomic E-state index is 5.46. The molecule has 2 aromatic rings. The van der Waals surface area contributed by atoms with Gasteiger partial charge in [-0.1, -0.05) is 5.16 Å². The largest absolute Gasteiger partial charge is 0.371 e. The first-order chi connectivity index (χ1) is 12.0. The summed E-state index contributed by atoms with van der Waals surface area (Å²) in [4.78, 5) is 14.5. The van der Waals surface area contributed by atoms with E-state index < -0.39 is 0 Å². The van der Waals surface area contributed by atoms with Gasteiger partial charge < -0.3 is 19.9 Å². The Morgan fingerprint density at radius 3 is 2.72 bits per heavy atom. The third-order valence-electron chi connectivity index (χ3n) is 3.40. The maximum absolute atomic E-state index is 5.46. The van der Waals surface area contributed by atoms with Crippen molar-refractivity contribution in [1.82, 2.24) is 25.8 Å². The Morgan fingerprint density at radius 2 is 2.08 bits per heavy atom. The number of rotatable bonds is 8. The minimum absolute atomic E-state index is 0.185. The first kappa shape index (κ1) is 19.3. The summed E-state index contributed by atoms with van der Waals surface area (Å²) in [5.74, 6) is 1.70. The van der Waals surface area contributed by atoms with E-state index in [9.17, 15) is 0 Å². The SMILES string of the molecule is CCNC(=NCc1nc(C(C)OCC)no1)NCc1sc(C)nc1C. The van der Waals surface area contributed by atoms with Crippen LogP contribution in [0.5, 0.6) is 0 Å². The van der Waals surface area contributed by atoms with Gasteiger partial charge in [0.05, 0.1) is 17.2 Å². The molecule has 2 rings (SSSR count). The van der Waals surface area contributed by atoms with E-state index in [4.69, 9.17) is 9.26 Å². The van der Waals surface area contributed by atoms with Gasteiger partial charge in [0.1, 0.15) is 12.6 Å². The molecule has 0 spiro atoms. The second kappa shape index (κ2) is 9.47. The molecule has 9 heteroatoms. The molecular formula is C16H26N6O2S. The third-order valence-corrected chi connectivity index (χ3v) is 4.47. The van der Waals surface area contributed by atoms with Crippen LogP contribution in [0.25, 0.3) is 0 Å². The quantitative estimate of drug-likeness (QED) is 0.547. The van der Waals surface area contributed by atoms with Crippen LogP contribution in [0.2, 0.25) is 0 Å². The van der Waals surface area contributed by atoms with Crippen LogP contribution in [0.3, 0.4) is 0 Å². The van der Waals surface area contributed by atoms with Crippen LogP contribution in [0.1, 0.15) is 54.2 Å². The summed E-state index contributed by atoms with van der Waals surface area (Å²) in [6, 6.07) is 0. The van der Waals surface area contributed by atoms with Gasteiger partial charge in [-0.25, -0.2) is 9.98 Å². The number of aliphatic imine (C=N–C) groups is 1. The lowest BCUT2D eigenvalue weighted by Gasteiger charge is -2.10. The zero-order chi connectivity index (χ0) is 18.2. The number of nitrogens with zero attached hydrogens (tertiary/aromatic N) is 4. The maximum Gasteiger partial charge on any atom is 0.248 e. The molecule has 1 unspecified atom stereocenters. The monoisotopic (exact) mass is 366 g/mol. The van der Waals surface area contributed by atoms with Gasteiger partial charge in [-0.15, -0.1) is 11.3 Å². The molecule has 0 saturated heterocycles. The molecule has 2 N–H and O–H groups in total. The summed E-state index contributed by atoms with van der Waals surface area (Å²) in [6.45, 7) is 12.2. The van der Waals surface area contributed by atoms with Crippen LogP contribution in [0.4, 0.5) is 0 Å².